The van der Waals surface area contributed by atoms with Crippen molar-refractivity contribution < 1.29 is 9.53 Å². The maximum absolute atomic E-state index is 10.9. The average Bonchev–Trinajstić information content (AvgIpc) is 2.00. The van der Waals surface area contributed by atoms with Gasteiger partial charge in [0.25, 0.3) is 0 Å². The highest BCUT2D eigenvalue weighted by Gasteiger charge is 2.15. The summed E-state index contributed by atoms with van der Waals surface area (Å²) in [7, 11) is 5.13. The summed E-state index contributed by atoms with van der Waals surface area (Å²) in [5, 5.41) is 0. The zero-order valence-electron chi connectivity index (χ0n) is 7.55. The SMILES string of the molecule is C=C(C(=O)OC)C(C)N(C)C. The first-order chi connectivity index (χ1) is 5.00. The predicted molar refractivity (Wildman–Crippen MR) is 44.3 cm³/mol. The lowest BCUT2D eigenvalue weighted by molar-refractivity contribution is -0.136. The second-order valence-corrected chi connectivity index (χ2v) is 2.66. The lowest BCUT2D eigenvalue weighted by Gasteiger charge is -2.20. The van der Waals surface area contributed by atoms with Crippen LogP contribution in [0, 0.1) is 0 Å². The van der Waals surface area contributed by atoms with Crippen LogP contribution in [-0.4, -0.2) is 38.1 Å². The number of likely N-dealkylation sites (N-methyl/N-ethyl adjacent to an activating group) is 1. The maximum atomic E-state index is 10.9. The second-order valence-electron chi connectivity index (χ2n) is 2.66. The van der Waals surface area contributed by atoms with Crippen molar-refractivity contribution in [3.8, 4) is 0 Å². The van der Waals surface area contributed by atoms with E-state index in [1.807, 2.05) is 25.9 Å². The summed E-state index contributed by atoms with van der Waals surface area (Å²) in [6, 6.07) is 0.0300. The highest BCUT2D eigenvalue weighted by molar-refractivity contribution is 5.88. The van der Waals surface area contributed by atoms with E-state index < -0.39 is 0 Å². The topological polar surface area (TPSA) is 29.5 Å². The number of carbonyl (C=O) groups is 1. The van der Waals surface area contributed by atoms with Crippen LogP contribution in [0.5, 0.6) is 0 Å². The Morgan fingerprint density at radius 3 is 2.27 bits per heavy atom. The van der Waals surface area contributed by atoms with Gasteiger partial charge in [-0.3, -0.25) is 0 Å². The van der Waals surface area contributed by atoms with Gasteiger partial charge in [-0.25, -0.2) is 4.79 Å². The van der Waals surface area contributed by atoms with Crippen molar-refractivity contribution in [2.75, 3.05) is 21.2 Å². The molecule has 0 aromatic heterocycles. The molecule has 3 nitrogen and oxygen atoms in total. The van der Waals surface area contributed by atoms with Crippen molar-refractivity contribution in [1.29, 1.82) is 0 Å². The number of ether oxygens (including phenoxy) is 1. The molecule has 0 aromatic carbocycles. The van der Waals surface area contributed by atoms with E-state index in [-0.39, 0.29) is 12.0 Å². The van der Waals surface area contributed by atoms with E-state index in [2.05, 4.69) is 11.3 Å². The minimum atomic E-state index is -0.341. The van der Waals surface area contributed by atoms with Gasteiger partial charge in [0.2, 0.25) is 0 Å². The molecule has 0 amide bonds. The molecule has 0 bridgehead atoms. The van der Waals surface area contributed by atoms with E-state index in [0.29, 0.717) is 5.57 Å². The van der Waals surface area contributed by atoms with Crippen LogP contribution in [0.1, 0.15) is 6.92 Å². The molecule has 11 heavy (non-hydrogen) atoms. The van der Waals surface area contributed by atoms with Gasteiger partial charge in [-0.15, -0.1) is 0 Å². The van der Waals surface area contributed by atoms with Gasteiger partial charge in [0.1, 0.15) is 0 Å². The first kappa shape index (κ1) is 10.2. The normalized spacial score (nSPS) is 12.8. The fourth-order valence-electron chi connectivity index (χ4n) is 0.613. The van der Waals surface area contributed by atoms with Gasteiger partial charge < -0.3 is 9.64 Å². The molecule has 3 heteroatoms. The van der Waals surface area contributed by atoms with E-state index in [9.17, 15) is 4.79 Å². The highest BCUT2D eigenvalue weighted by Crippen LogP contribution is 2.05. The van der Waals surface area contributed by atoms with Crippen molar-refractivity contribution in [1.82, 2.24) is 4.90 Å². The van der Waals surface area contributed by atoms with Gasteiger partial charge in [-0.1, -0.05) is 6.58 Å². The van der Waals surface area contributed by atoms with Crippen LogP contribution in [0.2, 0.25) is 0 Å². The zero-order valence-corrected chi connectivity index (χ0v) is 7.55. The molecule has 1 unspecified atom stereocenters. The molecule has 0 aliphatic heterocycles. The Morgan fingerprint density at radius 1 is 1.55 bits per heavy atom. The van der Waals surface area contributed by atoms with Crippen molar-refractivity contribution >= 4 is 5.97 Å². The van der Waals surface area contributed by atoms with Crippen LogP contribution < -0.4 is 0 Å². The Labute approximate surface area is 67.6 Å². The van der Waals surface area contributed by atoms with Crippen molar-refractivity contribution in [3.63, 3.8) is 0 Å². The van der Waals surface area contributed by atoms with E-state index in [0.717, 1.165) is 0 Å². The summed E-state index contributed by atoms with van der Waals surface area (Å²) in [6.07, 6.45) is 0. The van der Waals surface area contributed by atoms with E-state index in [4.69, 9.17) is 0 Å². The summed E-state index contributed by atoms with van der Waals surface area (Å²) in [6.45, 7) is 5.53. The summed E-state index contributed by atoms with van der Waals surface area (Å²) >= 11 is 0. The first-order valence-corrected chi connectivity index (χ1v) is 3.44. The highest BCUT2D eigenvalue weighted by atomic mass is 16.5. The predicted octanol–water partition coefficient (Wildman–Crippen LogP) is 0.666. The summed E-state index contributed by atoms with van der Waals surface area (Å²) < 4.78 is 4.52. The Bertz CT molecular complexity index is 163. The number of esters is 1. The van der Waals surface area contributed by atoms with Crippen molar-refractivity contribution in [2.45, 2.75) is 13.0 Å². The molecule has 0 aromatic rings. The third kappa shape index (κ3) is 2.72. The smallest absolute Gasteiger partial charge is 0.334 e. The molecule has 0 radical (unpaired) electrons. The molecule has 0 N–H and O–H groups in total. The summed E-state index contributed by atoms with van der Waals surface area (Å²) in [4.78, 5) is 12.8. The second kappa shape index (κ2) is 4.13. The first-order valence-electron chi connectivity index (χ1n) is 3.44. The summed E-state index contributed by atoms with van der Waals surface area (Å²) in [5.74, 6) is -0.341. The number of rotatable bonds is 3. The minimum absolute atomic E-state index is 0.0300. The number of nitrogens with zero attached hydrogens (tertiary/aromatic N) is 1. The van der Waals surface area contributed by atoms with Gasteiger partial charge in [0, 0.05) is 11.6 Å². The Morgan fingerprint density at radius 2 is 2.00 bits per heavy atom. The maximum Gasteiger partial charge on any atom is 0.334 e. The fourth-order valence-corrected chi connectivity index (χ4v) is 0.613. The molecule has 0 heterocycles. The van der Waals surface area contributed by atoms with E-state index >= 15 is 0 Å². The standard InChI is InChI=1S/C8H15NO2/c1-6(8(10)11-5)7(2)9(3)4/h7H,1H2,2-5H3. The van der Waals surface area contributed by atoms with Gasteiger partial charge in [-0.05, 0) is 21.0 Å². The quantitative estimate of drug-likeness (QED) is 0.445. The van der Waals surface area contributed by atoms with Crippen LogP contribution in [0.3, 0.4) is 0 Å². The molecule has 0 spiro atoms. The summed E-state index contributed by atoms with van der Waals surface area (Å²) in [5.41, 5.74) is 0.484. The van der Waals surface area contributed by atoms with Crippen LogP contribution in [0.4, 0.5) is 0 Å². The molecular formula is C8H15NO2. The number of carbonyl (C=O) groups excluding carboxylic acids is 1. The van der Waals surface area contributed by atoms with E-state index in [1.54, 1.807) is 0 Å². The lowest BCUT2D eigenvalue weighted by Crippen LogP contribution is -2.30. The van der Waals surface area contributed by atoms with E-state index in [1.165, 1.54) is 7.11 Å². The van der Waals surface area contributed by atoms with Gasteiger partial charge >= 0.3 is 5.97 Å². The number of methoxy groups -OCH3 is 1. The van der Waals surface area contributed by atoms with Gasteiger partial charge in [-0.2, -0.15) is 0 Å². The Hall–Kier alpha value is -0.830. The molecule has 0 aliphatic rings. The molecular weight excluding hydrogens is 142 g/mol. The number of hydrogen-bond acceptors (Lipinski definition) is 3. The lowest BCUT2D eigenvalue weighted by atomic mass is 10.1. The van der Waals surface area contributed by atoms with Crippen molar-refractivity contribution in [2.24, 2.45) is 0 Å². The Balaban J connectivity index is 4.14. The van der Waals surface area contributed by atoms with Crippen LogP contribution in [-0.2, 0) is 9.53 Å². The fraction of sp³-hybridized carbons (Fsp3) is 0.625. The largest absolute Gasteiger partial charge is 0.466 e. The van der Waals surface area contributed by atoms with Crippen LogP contribution in [0.15, 0.2) is 12.2 Å². The number of hydrogen-bond donors (Lipinski definition) is 0. The molecule has 64 valence electrons. The third-order valence-corrected chi connectivity index (χ3v) is 1.73. The Kier molecular flexibility index (Phi) is 3.82. The molecule has 0 saturated carbocycles. The molecule has 0 rings (SSSR count). The molecule has 0 aliphatic carbocycles. The zero-order chi connectivity index (χ0) is 9.02. The van der Waals surface area contributed by atoms with Crippen LogP contribution in [0.25, 0.3) is 0 Å². The monoisotopic (exact) mass is 157 g/mol. The molecule has 0 fully saturated rings. The molecule has 1 atom stereocenters. The average molecular weight is 157 g/mol. The van der Waals surface area contributed by atoms with Crippen LogP contribution >= 0.6 is 0 Å². The van der Waals surface area contributed by atoms with Gasteiger partial charge in [0.15, 0.2) is 0 Å². The third-order valence-electron chi connectivity index (χ3n) is 1.73. The van der Waals surface area contributed by atoms with Crippen molar-refractivity contribution in [3.05, 3.63) is 12.2 Å². The molecule has 0 saturated heterocycles. The minimum Gasteiger partial charge on any atom is -0.466 e. The van der Waals surface area contributed by atoms with Gasteiger partial charge in [0.05, 0.1) is 7.11 Å².